The van der Waals surface area contributed by atoms with Crippen LogP contribution in [0.3, 0.4) is 0 Å². The number of para-hydroxylation sites is 1. The molecule has 2 aliphatic carbocycles. The molecule has 11 heteroatoms. The van der Waals surface area contributed by atoms with Gasteiger partial charge in [0.15, 0.2) is 21.3 Å². The van der Waals surface area contributed by atoms with E-state index in [2.05, 4.69) is 22.5 Å². The number of phenolic OH excluding ortho intramolecular Hbond substituents is 1. The van der Waals surface area contributed by atoms with Crippen LogP contribution in [-0.2, 0) is 19.2 Å². The number of rotatable bonds is 4. The van der Waals surface area contributed by atoms with Crippen molar-refractivity contribution in [2.75, 3.05) is 10.4 Å². The summed E-state index contributed by atoms with van der Waals surface area (Å²) in [7, 11) is 0. The van der Waals surface area contributed by atoms with E-state index in [0.717, 1.165) is 21.4 Å². The molecule has 206 valence electrons. The molecule has 7 nitrogen and oxygen atoms in total. The number of halogens is 4. The van der Waals surface area contributed by atoms with Crippen molar-refractivity contribution in [1.82, 2.24) is 4.90 Å². The predicted molar refractivity (Wildman–Crippen MR) is 150 cm³/mol. The maximum atomic E-state index is 14.6. The minimum Gasteiger partial charge on any atom is -0.505 e. The number of likely N-dealkylation sites (tertiary alicyclic amines) is 1. The number of aromatic hydroxyl groups is 1. The van der Waals surface area contributed by atoms with E-state index in [1.807, 2.05) is 0 Å². The zero-order valence-corrected chi connectivity index (χ0v) is 23.9. The Balaban J connectivity index is 1.52. The summed E-state index contributed by atoms with van der Waals surface area (Å²) in [6, 6.07) is 10.6. The fourth-order valence-electron chi connectivity index (χ4n) is 6.88. The first kappa shape index (κ1) is 27.2. The summed E-state index contributed by atoms with van der Waals surface area (Å²) in [5.41, 5.74) is 1.47. The molecule has 0 radical (unpaired) electrons. The molecule has 1 saturated carbocycles. The van der Waals surface area contributed by atoms with Gasteiger partial charge in [0.25, 0.3) is 11.8 Å². The van der Waals surface area contributed by atoms with Crippen LogP contribution in [0, 0.1) is 23.6 Å². The van der Waals surface area contributed by atoms with Gasteiger partial charge in [-0.1, -0.05) is 64.5 Å². The van der Waals surface area contributed by atoms with Gasteiger partial charge in [-0.3, -0.25) is 29.0 Å². The number of carbonyl (C=O) groups excluding carboxylic acids is 4. The quantitative estimate of drug-likeness (QED) is 0.216. The minimum absolute atomic E-state index is 0.0272. The van der Waals surface area contributed by atoms with Crippen molar-refractivity contribution >= 4 is 74.5 Å². The molecule has 0 spiro atoms. The highest BCUT2D eigenvalue weighted by atomic mass is 79.9. The summed E-state index contributed by atoms with van der Waals surface area (Å²) in [4.78, 5) is 52.8. The molecule has 0 unspecified atom stereocenters. The number of hydrogen-bond donors (Lipinski definition) is 1. The Labute approximate surface area is 247 Å². The Morgan fingerprint density at radius 2 is 1.75 bits per heavy atom. The Bertz CT molecular complexity index is 1550. The minimum atomic E-state index is -2.12. The van der Waals surface area contributed by atoms with E-state index < -0.39 is 62.7 Å². The van der Waals surface area contributed by atoms with E-state index in [4.69, 9.17) is 23.2 Å². The van der Waals surface area contributed by atoms with E-state index in [-0.39, 0.29) is 29.8 Å². The number of imide groups is 2. The van der Waals surface area contributed by atoms with Crippen LogP contribution in [0.2, 0.25) is 0 Å². The van der Waals surface area contributed by atoms with E-state index in [0.29, 0.717) is 11.3 Å². The zero-order valence-electron chi connectivity index (χ0n) is 20.8. The number of anilines is 1. The molecule has 2 aromatic carbocycles. The standard InChI is InChI=1S/C29H22BrCl2FN2O5/c1-2-14-6-8-15(9-7-14)35-24(37)17-11-10-16-19(21(17)25(35)38)12-28(31)26(39)34(13-30)27(40)29(28,32)22(16)18-4-3-5-20(33)23(18)36/h2-10,17,19,21-22,36H,1,11-13H2/t17-,19+,21-,22+,28+,29-/m0/s1. The van der Waals surface area contributed by atoms with Crippen LogP contribution >= 0.6 is 39.1 Å². The van der Waals surface area contributed by atoms with Crippen molar-refractivity contribution in [3.05, 3.63) is 77.6 Å². The van der Waals surface area contributed by atoms with Crippen LogP contribution < -0.4 is 4.90 Å². The van der Waals surface area contributed by atoms with Gasteiger partial charge in [0, 0.05) is 11.5 Å². The first-order valence-electron chi connectivity index (χ1n) is 12.6. The molecule has 4 aliphatic rings. The van der Waals surface area contributed by atoms with E-state index >= 15 is 0 Å². The third-order valence-corrected chi connectivity index (χ3v) is 10.6. The van der Waals surface area contributed by atoms with Crippen molar-refractivity contribution in [2.24, 2.45) is 17.8 Å². The zero-order chi connectivity index (χ0) is 28.7. The number of nitrogens with zero attached hydrogens (tertiary/aromatic N) is 2. The average Bonchev–Trinajstić information content (AvgIpc) is 3.28. The summed E-state index contributed by atoms with van der Waals surface area (Å²) in [6.45, 7) is 3.72. The van der Waals surface area contributed by atoms with Crippen molar-refractivity contribution in [3.63, 3.8) is 0 Å². The fourth-order valence-corrected chi connectivity index (χ4v) is 8.29. The number of hydrogen-bond acceptors (Lipinski definition) is 5. The molecule has 0 aromatic heterocycles. The molecule has 1 N–H and O–H groups in total. The van der Waals surface area contributed by atoms with Gasteiger partial charge >= 0.3 is 0 Å². The van der Waals surface area contributed by atoms with Gasteiger partial charge in [0.2, 0.25) is 11.8 Å². The van der Waals surface area contributed by atoms with Crippen molar-refractivity contribution < 1.29 is 28.7 Å². The van der Waals surface area contributed by atoms with Gasteiger partial charge in [0.05, 0.1) is 23.0 Å². The highest BCUT2D eigenvalue weighted by Gasteiger charge is 2.76. The average molecular weight is 648 g/mol. The number of phenols is 1. The monoisotopic (exact) mass is 646 g/mol. The Hall–Kier alpha value is -3.01. The van der Waals surface area contributed by atoms with Crippen LogP contribution in [0.4, 0.5) is 10.1 Å². The second-order valence-corrected chi connectivity index (χ2v) is 12.2. The Morgan fingerprint density at radius 1 is 1.05 bits per heavy atom. The fraction of sp³-hybridized carbons (Fsp3) is 0.310. The van der Waals surface area contributed by atoms with Crippen LogP contribution in [0.25, 0.3) is 6.08 Å². The molecule has 40 heavy (non-hydrogen) atoms. The number of allylic oxidation sites excluding steroid dienone is 2. The molecule has 3 fully saturated rings. The molecule has 0 bridgehead atoms. The third kappa shape index (κ3) is 3.34. The molecule has 6 rings (SSSR count). The van der Waals surface area contributed by atoms with Crippen LogP contribution in [-0.4, -0.2) is 48.8 Å². The molecule has 6 atom stereocenters. The topological polar surface area (TPSA) is 95.0 Å². The summed E-state index contributed by atoms with van der Waals surface area (Å²) in [5.74, 6) is -7.73. The van der Waals surface area contributed by atoms with Crippen LogP contribution in [0.15, 0.2) is 60.7 Å². The van der Waals surface area contributed by atoms with Crippen LogP contribution in [0.1, 0.15) is 29.9 Å². The lowest BCUT2D eigenvalue weighted by Crippen LogP contribution is -2.60. The summed E-state index contributed by atoms with van der Waals surface area (Å²) < 4.78 is 14.6. The van der Waals surface area contributed by atoms with Crippen molar-refractivity contribution in [2.45, 2.75) is 28.5 Å². The Kier molecular flexibility index (Phi) is 6.29. The molecule has 2 aromatic rings. The highest BCUT2D eigenvalue weighted by Crippen LogP contribution is 2.66. The Morgan fingerprint density at radius 3 is 2.40 bits per heavy atom. The first-order valence-corrected chi connectivity index (χ1v) is 14.5. The SMILES string of the molecule is C=Cc1ccc(N2C(=O)[C@H]3[C@H](CC=C4[C@H]3C[C@@]3(Cl)C(=O)N(CBr)C(=O)[C@@]3(Cl)[C@H]4c3cccc(F)c3O)C2=O)cc1. The van der Waals surface area contributed by atoms with Gasteiger partial charge < -0.3 is 5.11 Å². The molecule has 2 saturated heterocycles. The summed E-state index contributed by atoms with van der Waals surface area (Å²) >= 11 is 17.3. The van der Waals surface area contributed by atoms with Gasteiger partial charge in [-0.05, 0) is 42.5 Å². The van der Waals surface area contributed by atoms with E-state index in [9.17, 15) is 28.7 Å². The smallest absolute Gasteiger partial charge is 0.254 e. The maximum absolute atomic E-state index is 14.6. The van der Waals surface area contributed by atoms with Crippen molar-refractivity contribution in [3.8, 4) is 5.75 Å². The largest absolute Gasteiger partial charge is 0.505 e. The molecular weight excluding hydrogens is 626 g/mol. The second kappa shape index (κ2) is 9.26. The normalized spacial score (nSPS) is 33.0. The summed E-state index contributed by atoms with van der Waals surface area (Å²) in [6.07, 6.45) is 3.33. The molecule has 2 heterocycles. The van der Waals surface area contributed by atoms with E-state index in [1.54, 1.807) is 36.4 Å². The number of alkyl halides is 3. The number of carbonyl (C=O) groups is 4. The van der Waals surface area contributed by atoms with Gasteiger partial charge in [-0.2, -0.15) is 0 Å². The molecule has 4 amide bonds. The van der Waals surface area contributed by atoms with Gasteiger partial charge in [0.1, 0.15) is 0 Å². The van der Waals surface area contributed by atoms with Gasteiger partial charge in [-0.25, -0.2) is 4.39 Å². The second-order valence-electron chi connectivity index (χ2n) is 10.5. The predicted octanol–water partition coefficient (Wildman–Crippen LogP) is 5.09. The number of benzene rings is 2. The van der Waals surface area contributed by atoms with Crippen LogP contribution in [0.5, 0.6) is 5.75 Å². The molecular formula is C29H22BrCl2FN2O5. The van der Waals surface area contributed by atoms with Gasteiger partial charge in [-0.15, -0.1) is 23.2 Å². The first-order chi connectivity index (χ1) is 19.0. The van der Waals surface area contributed by atoms with Crippen molar-refractivity contribution in [1.29, 1.82) is 0 Å². The number of fused-ring (bicyclic) bond motifs is 4. The lowest BCUT2D eigenvalue weighted by atomic mass is 9.56. The maximum Gasteiger partial charge on any atom is 0.254 e. The summed E-state index contributed by atoms with van der Waals surface area (Å²) in [5, 5.41) is 10.8. The lowest BCUT2D eigenvalue weighted by molar-refractivity contribution is -0.138. The van der Waals surface area contributed by atoms with E-state index in [1.165, 1.54) is 12.1 Å². The number of amides is 4. The highest BCUT2D eigenvalue weighted by molar-refractivity contribution is 9.09. The molecule has 2 aliphatic heterocycles. The third-order valence-electron chi connectivity index (χ3n) is 8.73. The lowest BCUT2D eigenvalue weighted by Gasteiger charge is -2.50.